The van der Waals surface area contributed by atoms with Gasteiger partial charge in [0.25, 0.3) is 5.91 Å². The topological polar surface area (TPSA) is 68.0 Å². The number of rotatable bonds is 5. The summed E-state index contributed by atoms with van der Waals surface area (Å²) in [7, 11) is 0. The summed E-state index contributed by atoms with van der Waals surface area (Å²) in [6.07, 6.45) is 1.87. The van der Waals surface area contributed by atoms with Crippen LogP contribution in [0.3, 0.4) is 0 Å². The fourth-order valence-corrected chi connectivity index (χ4v) is 1.85. The first kappa shape index (κ1) is 15.1. The first-order chi connectivity index (χ1) is 10.1. The first-order valence-corrected chi connectivity index (χ1v) is 6.46. The van der Waals surface area contributed by atoms with Crippen molar-refractivity contribution in [3.8, 4) is 0 Å². The molecule has 0 unspecified atom stereocenters. The van der Waals surface area contributed by atoms with Crippen LogP contribution in [-0.2, 0) is 13.0 Å². The van der Waals surface area contributed by atoms with Gasteiger partial charge in [-0.05, 0) is 35.7 Å². The Morgan fingerprint density at radius 1 is 1.14 bits per heavy atom. The SMILES string of the molecule is NCc1ccc(C(=O)NCCc2cc(F)cc(F)c2)nc1. The molecule has 0 saturated carbocycles. The zero-order valence-electron chi connectivity index (χ0n) is 11.3. The number of carbonyl (C=O) groups is 1. The Morgan fingerprint density at radius 3 is 2.43 bits per heavy atom. The molecule has 3 N–H and O–H groups in total. The predicted octanol–water partition coefficient (Wildman–Crippen LogP) is 1.79. The van der Waals surface area contributed by atoms with Gasteiger partial charge in [0.2, 0.25) is 0 Å². The number of pyridine rings is 1. The predicted molar refractivity (Wildman–Crippen MR) is 74.5 cm³/mol. The number of hydrogen-bond donors (Lipinski definition) is 2. The molecule has 0 aliphatic heterocycles. The van der Waals surface area contributed by atoms with Gasteiger partial charge in [-0.25, -0.2) is 8.78 Å². The van der Waals surface area contributed by atoms with Gasteiger partial charge in [-0.1, -0.05) is 6.07 Å². The number of hydrogen-bond acceptors (Lipinski definition) is 3. The van der Waals surface area contributed by atoms with E-state index in [-0.39, 0.29) is 18.1 Å². The summed E-state index contributed by atoms with van der Waals surface area (Å²) in [6, 6.07) is 6.60. The zero-order valence-corrected chi connectivity index (χ0v) is 11.3. The van der Waals surface area contributed by atoms with Crippen molar-refractivity contribution in [2.75, 3.05) is 6.54 Å². The lowest BCUT2D eigenvalue weighted by Gasteiger charge is -2.06. The van der Waals surface area contributed by atoms with Gasteiger partial charge in [0.05, 0.1) is 0 Å². The number of nitrogens with two attached hydrogens (primary N) is 1. The highest BCUT2D eigenvalue weighted by molar-refractivity contribution is 5.92. The van der Waals surface area contributed by atoms with Crippen molar-refractivity contribution in [1.29, 1.82) is 0 Å². The normalized spacial score (nSPS) is 10.4. The Hall–Kier alpha value is -2.34. The smallest absolute Gasteiger partial charge is 0.269 e. The maximum Gasteiger partial charge on any atom is 0.269 e. The van der Waals surface area contributed by atoms with E-state index in [1.54, 1.807) is 12.1 Å². The molecule has 1 aromatic carbocycles. The summed E-state index contributed by atoms with van der Waals surface area (Å²) in [5, 5.41) is 2.65. The molecular formula is C15H15F2N3O. The minimum absolute atomic E-state index is 0.266. The average molecular weight is 291 g/mol. The van der Waals surface area contributed by atoms with Crippen LogP contribution in [0.25, 0.3) is 0 Å². The number of aromatic nitrogens is 1. The van der Waals surface area contributed by atoms with Crippen LogP contribution in [0.4, 0.5) is 8.78 Å². The highest BCUT2D eigenvalue weighted by Crippen LogP contribution is 2.08. The Labute approximate surface area is 121 Å². The second-order valence-corrected chi connectivity index (χ2v) is 4.54. The molecule has 1 heterocycles. The zero-order chi connectivity index (χ0) is 15.2. The third-order valence-corrected chi connectivity index (χ3v) is 2.91. The van der Waals surface area contributed by atoms with Crippen LogP contribution in [0.5, 0.6) is 0 Å². The summed E-state index contributed by atoms with van der Waals surface area (Å²) in [6.45, 7) is 0.627. The van der Waals surface area contributed by atoms with E-state index in [0.717, 1.165) is 11.6 Å². The standard InChI is InChI=1S/C15H15F2N3O/c16-12-5-10(6-13(17)7-12)3-4-19-15(21)14-2-1-11(8-18)9-20-14/h1-2,5-7,9H,3-4,8,18H2,(H,19,21). The second kappa shape index (κ2) is 6.90. The van der Waals surface area contributed by atoms with Crippen LogP contribution >= 0.6 is 0 Å². The van der Waals surface area contributed by atoms with Gasteiger partial charge >= 0.3 is 0 Å². The number of nitrogens with one attached hydrogen (secondary N) is 1. The fourth-order valence-electron chi connectivity index (χ4n) is 1.85. The highest BCUT2D eigenvalue weighted by Gasteiger charge is 2.07. The van der Waals surface area contributed by atoms with Crippen LogP contribution in [0.2, 0.25) is 0 Å². The molecule has 21 heavy (non-hydrogen) atoms. The van der Waals surface area contributed by atoms with Crippen LogP contribution in [-0.4, -0.2) is 17.4 Å². The van der Waals surface area contributed by atoms with Gasteiger partial charge in [0.1, 0.15) is 17.3 Å². The van der Waals surface area contributed by atoms with Crippen molar-refractivity contribution < 1.29 is 13.6 Å². The van der Waals surface area contributed by atoms with Gasteiger partial charge in [-0.2, -0.15) is 0 Å². The minimum atomic E-state index is -0.629. The molecule has 2 rings (SSSR count). The highest BCUT2D eigenvalue weighted by atomic mass is 19.1. The van der Waals surface area contributed by atoms with E-state index < -0.39 is 11.6 Å². The fraction of sp³-hybridized carbons (Fsp3) is 0.200. The van der Waals surface area contributed by atoms with Crippen molar-refractivity contribution >= 4 is 5.91 Å². The molecule has 0 saturated heterocycles. The Morgan fingerprint density at radius 2 is 1.86 bits per heavy atom. The molecule has 0 atom stereocenters. The van der Waals surface area contributed by atoms with Crippen LogP contribution in [0.1, 0.15) is 21.6 Å². The summed E-state index contributed by atoms with van der Waals surface area (Å²) in [5.41, 5.74) is 7.04. The lowest BCUT2D eigenvalue weighted by molar-refractivity contribution is 0.0949. The summed E-state index contributed by atoms with van der Waals surface area (Å²) < 4.78 is 26.0. The summed E-state index contributed by atoms with van der Waals surface area (Å²) >= 11 is 0. The monoisotopic (exact) mass is 291 g/mol. The maximum atomic E-state index is 13.0. The third kappa shape index (κ3) is 4.32. The van der Waals surface area contributed by atoms with Crippen molar-refractivity contribution in [2.24, 2.45) is 5.73 Å². The van der Waals surface area contributed by atoms with Gasteiger partial charge < -0.3 is 11.1 Å². The number of amides is 1. The Bertz CT molecular complexity index is 609. The maximum absolute atomic E-state index is 13.0. The Balaban J connectivity index is 1.88. The van der Waals surface area contributed by atoms with Crippen molar-refractivity contribution in [2.45, 2.75) is 13.0 Å². The van der Waals surface area contributed by atoms with E-state index in [1.807, 2.05) is 0 Å². The molecule has 0 radical (unpaired) electrons. The quantitative estimate of drug-likeness (QED) is 0.882. The van der Waals surface area contributed by atoms with E-state index in [1.165, 1.54) is 18.3 Å². The minimum Gasteiger partial charge on any atom is -0.350 e. The molecule has 1 aromatic heterocycles. The third-order valence-electron chi connectivity index (χ3n) is 2.91. The molecule has 1 amide bonds. The van der Waals surface area contributed by atoms with Crippen LogP contribution < -0.4 is 11.1 Å². The number of halogens is 2. The molecule has 4 nitrogen and oxygen atoms in total. The summed E-state index contributed by atoms with van der Waals surface area (Å²) in [5.74, 6) is -1.60. The molecule has 0 spiro atoms. The Kier molecular flexibility index (Phi) is 4.94. The molecule has 0 fully saturated rings. The number of benzene rings is 1. The largest absolute Gasteiger partial charge is 0.350 e. The van der Waals surface area contributed by atoms with Crippen molar-refractivity contribution in [3.05, 3.63) is 65.0 Å². The molecule has 0 aliphatic carbocycles. The van der Waals surface area contributed by atoms with Crippen LogP contribution in [0.15, 0.2) is 36.5 Å². The van der Waals surface area contributed by atoms with E-state index in [9.17, 15) is 13.6 Å². The molecule has 110 valence electrons. The van der Waals surface area contributed by atoms with Gasteiger partial charge in [-0.3, -0.25) is 9.78 Å². The molecule has 6 heteroatoms. The van der Waals surface area contributed by atoms with Gasteiger partial charge in [-0.15, -0.1) is 0 Å². The van der Waals surface area contributed by atoms with E-state index in [2.05, 4.69) is 10.3 Å². The molecule has 0 bridgehead atoms. The van der Waals surface area contributed by atoms with Crippen LogP contribution in [0, 0.1) is 11.6 Å². The first-order valence-electron chi connectivity index (χ1n) is 6.46. The van der Waals surface area contributed by atoms with E-state index in [0.29, 0.717) is 18.5 Å². The average Bonchev–Trinajstić information content (AvgIpc) is 2.46. The lowest BCUT2D eigenvalue weighted by Crippen LogP contribution is -2.26. The van der Waals surface area contributed by atoms with Gasteiger partial charge in [0, 0.05) is 25.4 Å². The van der Waals surface area contributed by atoms with E-state index in [4.69, 9.17) is 5.73 Å². The molecule has 0 aliphatic rings. The van der Waals surface area contributed by atoms with Gasteiger partial charge in [0.15, 0.2) is 0 Å². The second-order valence-electron chi connectivity index (χ2n) is 4.54. The molecule has 2 aromatic rings. The summed E-state index contributed by atoms with van der Waals surface area (Å²) in [4.78, 5) is 15.8. The lowest BCUT2D eigenvalue weighted by atomic mass is 10.1. The molecular weight excluding hydrogens is 276 g/mol. The van der Waals surface area contributed by atoms with Crippen molar-refractivity contribution in [1.82, 2.24) is 10.3 Å². The van der Waals surface area contributed by atoms with Crippen molar-refractivity contribution in [3.63, 3.8) is 0 Å². The van der Waals surface area contributed by atoms with E-state index >= 15 is 0 Å². The number of carbonyl (C=O) groups excluding carboxylic acids is 1. The number of nitrogens with zero attached hydrogens (tertiary/aromatic N) is 1.